The Morgan fingerprint density at radius 3 is 2.31 bits per heavy atom. The fourth-order valence-corrected chi connectivity index (χ4v) is 4.75. The zero-order valence-electron chi connectivity index (χ0n) is 17.9. The first-order chi connectivity index (χ1) is 15.5. The molecule has 0 bridgehead atoms. The number of benzene rings is 2. The Hall–Kier alpha value is -1.67. The highest BCUT2D eigenvalue weighted by atomic mass is 35.5. The van der Waals surface area contributed by atoms with Gasteiger partial charge < -0.3 is 29.9 Å². The van der Waals surface area contributed by atoms with E-state index < -0.39 is 37.1 Å². The van der Waals surface area contributed by atoms with Crippen LogP contribution in [0.15, 0.2) is 42.5 Å². The van der Waals surface area contributed by atoms with Crippen LogP contribution in [0.5, 0.6) is 5.75 Å². The number of hydrogen-bond donors (Lipinski definition) is 4. The van der Waals surface area contributed by atoms with Gasteiger partial charge in [0.1, 0.15) is 36.3 Å². The van der Waals surface area contributed by atoms with Crippen molar-refractivity contribution in [2.24, 2.45) is 0 Å². The number of rotatable bonds is 6. The molecular formula is C25H31ClO6. The number of aliphatic hydroxyl groups excluding tert-OH is 4. The van der Waals surface area contributed by atoms with Crippen LogP contribution in [-0.4, -0.2) is 57.6 Å². The first-order valence-electron chi connectivity index (χ1n) is 11.3. The second-order valence-corrected chi connectivity index (χ2v) is 9.21. The molecule has 1 aliphatic carbocycles. The molecule has 2 aliphatic rings. The molecule has 174 valence electrons. The van der Waals surface area contributed by atoms with E-state index >= 15 is 0 Å². The largest absolute Gasteiger partial charge is 0.490 e. The SMILES string of the molecule is OC[C@H]1O[C@@H](c2ccc(Cl)c(Cc3ccc(OC4CCCCC4)cc3)c2)[C@H](O)C(O)[C@@H]1O. The van der Waals surface area contributed by atoms with Crippen LogP contribution in [0.2, 0.25) is 5.02 Å². The van der Waals surface area contributed by atoms with Gasteiger partial charge in [0.2, 0.25) is 0 Å². The van der Waals surface area contributed by atoms with Gasteiger partial charge in [-0.15, -0.1) is 0 Å². The lowest BCUT2D eigenvalue weighted by atomic mass is 9.90. The van der Waals surface area contributed by atoms with E-state index in [2.05, 4.69) is 0 Å². The van der Waals surface area contributed by atoms with Gasteiger partial charge in [-0.2, -0.15) is 0 Å². The molecule has 2 aromatic rings. The Morgan fingerprint density at radius 1 is 0.906 bits per heavy atom. The zero-order chi connectivity index (χ0) is 22.7. The smallest absolute Gasteiger partial charge is 0.119 e. The highest BCUT2D eigenvalue weighted by Gasteiger charge is 2.44. The predicted octanol–water partition coefficient (Wildman–Crippen LogP) is 3.16. The molecule has 7 heteroatoms. The van der Waals surface area contributed by atoms with Crippen LogP contribution < -0.4 is 4.74 Å². The summed E-state index contributed by atoms with van der Waals surface area (Å²) in [5.41, 5.74) is 2.54. The molecule has 1 heterocycles. The quantitative estimate of drug-likeness (QED) is 0.526. The van der Waals surface area contributed by atoms with Gasteiger partial charge in [0.15, 0.2) is 0 Å². The van der Waals surface area contributed by atoms with Gasteiger partial charge in [-0.1, -0.05) is 42.3 Å². The Kier molecular flexibility index (Phi) is 7.71. The summed E-state index contributed by atoms with van der Waals surface area (Å²) >= 11 is 6.43. The molecular weight excluding hydrogens is 432 g/mol. The molecule has 4 N–H and O–H groups in total. The van der Waals surface area contributed by atoms with E-state index in [9.17, 15) is 20.4 Å². The van der Waals surface area contributed by atoms with Crippen LogP contribution in [0.25, 0.3) is 0 Å². The molecule has 5 atom stereocenters. The first kappa shape index (κ1) is 23.5. The summed E-state index contributed by atoms with van der Waals surface area (Å²) in [6.45, 7) is -0.461. The highest BCUT2D eigenvalue weighted by molar-refractivity contribution is 6.31. The normalized spacial score (nSPS) is 29.1. The van der Waals surface area contributed by atoms with Crippen molar-refractivity contribution in [2.75, 3.05) is 6.61 Å². The number of ether oxygens (including phenoxy) is 2. The Bertz CT molecular complexity index is 881. The highest BCUT2D eigenvalue weighted by Crippen LogP contribution is 2.34. The van der Waals surface area contributed by atoms with Crippen LogP contribution in [0.4, 0.5) is 0 Å². The van der Waals surface area contributed by atoms with Crippen molar-refractivity contribution < 1.29 is 29.9 Å². The third-order valence-corrected chi connectivity index (χ3v) is 6.83. The minimum atomic E-state index is -1.42. The van der Waals surface area contributed by atoms with Crippen molar-refractivity contribution in [3.63, 3.8) is 0 Å². The molecule has 1 unspecified atom stereocenters. The van der Waals surface area contributed by atoms with E-state index in [-0.39, 0.29) is 0 Å². The van der Waals surface area contributed by atoms with E-state index in [0.717, 1.165) is 29.7 Å². The third kappa shape index (κ3) is 5.28. The standard InChI is InChI=1S/C25H31ClO6/c26-20-11-8-16(25-24(30)23(29)22(28)21(14-27)32-25)13-17(20)12-15-6-9-19(10-7-15)31-18-4-2-1-3-5-18/h6-11,13,18,21-25,27-30H,1-5,12,14H2/t21-,22-,23?,24-,25+/m1/s1. The molecule has 32 heavy (non-hydrogen) atoms. The van der Waals surface area contributed by atoms with Gasteiger partial charge >= 0.3 is 0 Å². The second-order valence-electron chi connectivity index (χ2n) is 8.80. The number of halogens is 1. The topological polar surface area (TPSA) is 99.4 Å². The number of hydrogen-bond acceptors (Lipinski definition) is 6. The predicted molar refractivity (Wildman–Crippen MR) is 121 cm³/mol. The third-order valence-electron chi connectivity index (χ3n) is 6.46. The summed E-state index contributed by atoms with van der Waals surface area (Å²) < 4.78 is 11.8. The maximum Gasteiger partial charge on any atom is 0.119 e. The molecule has 0 spiro atoms. The molecule has 1 saturated heterocycles. The van der Waals surface area contributed by atoms with Gasteiger partial charge in [-0.25, -0.2) is 0 Å². The van der Waals surface area contributed by atoms with Crippen LogP contribution in [0.3, 0.4) is 0 Å². The Labute approximate surface area is 193 Å². The summed E-state index contributed by atoms with van der Waals surface area (Å²) in [6.07, 6.45) is 0.908. The van der Waals surface area contributed by atoms with Crippen molar-refractivity contribution >= 4 is 11.6 Å². The average molecular weight is 463 g/mol. The van der Waals surface area contributed by atoms with E-state index in [1.807, 2.05) is 30.3 Å². The summed E-state index contributed by atoms with van der Waals surface area (Å²) in [4.78, 5) is 0. The molecule has 1 aliphatic heterocycles. The van der Waals surface area contributed by atoms with Gasteiger partial charge in [0.05, 0.1) is 12.7 Å². The Morgan fingerprint density at radius 2 is 1.62 bits per heavy atom. The van der Waals surface area contributed by atoms with E-state index in [1.165, 1.54) is 19.3 Å². The van der Waals surface area contributed by atoms with E-state index in [4.69, 9.17) is 21.1 Å². The van der Waals surface area contributed by atoms with Gasteiger partial charge in [-0.3, -0.25) is 0 Å². The Balaban J connectivity index is 1.47. The molecule has 0 aromatic heterocycles. The molecule has 6 nitrogen and oxygen atoms in total. The fourth-order valence-electron chi connectivity index (χ4n) is 4.57. The molecule has 2 aromatic carbocycles. The lowest BCUT2D eigenvalue weighted by Crippen LogP contribution is -2.55. The summed E-state index contributed by atoms with van der Waals surface area (Å²) in [5, 5.41) is 40.6. The second kappa shape index (κ2) is 10.5. The molecule has 2 fully saturated rings. The van der Waals surface area contributed by atoms with Gasteiger partial charge in [0.25, 0.3) is 0 Å². The van der Waals surface area contributed by atoms with Crippen molar-refractivity contribution in [3.05, 3.63) is 64.2 Å². The van der Waals surface area contributed by atoms with Crippen LogP contribution >= 0.6 is 11.6 Å². The maximum absolute atomic E-state index is 10.4. The van der Waals surface area contributed by atoms with Crippen LogP contribution in [0, 0.1) is 0 Å². The van der Waals surface area contributed by atoms with Crippen LogP contribution in [0.1, 0.15) is 54.9 Å². The molecule has 4 rings (SSSR count). The van der Waals surface area contributed by atoms with Crippen molar-refractivity contribution in [2.45, 2.75) is 75.1 Å². The monoisotopic (exact) mass is 462 g/mol. The van der Waals surface area contributed by atoms with Gasteiger partial charge in [-0.05, 0) is 67.0 Å². The lowest BCUT2D eigenvalue weighted by Gasteiger charge is -2.40. The minimum absolute atomic E-state index is 0.305. The summed E-state index contributed by atoms with van der Waals surface area (Å²) in [7, 11) is 0. The lowest BCUT2D eigenvalue weighted by molar-refractivity contribution is -0.231. The fraction of sp³-hybridized carbons (Fsp3) is 0.520. The summed E-state index contributed by atoms with van der Waals surface area (Å²) in [6, 6.07) is 13.3. The average Bonchev–Trinajstić information content (AvgIpc) is 2.81. The minimum Gasteiger partial charge on any atom is -0.490 e. The molecule has 0 radical (unpaired) electrons. The van der Waals surface area contributed by atoms with E-state index in [1.54, 1.807) is 12.1 Å². The van der Waals surface area contributed by atoms with Gasteiger partial charge in [0, 0.05) is 5.02 Å². The molecule has 1 saturated carbocycles. The maximum atomic E-state index is 10.4. The van der Waals surface area contributed by atoms with Crippen molar-refractivity contribution in [1.82, 2.24) is 0 Å². The number of aliphatic hydroxyl groups is 4. The zero-order valence-corrected chi connectivity index (χ0v) is 18.7. The van der Waals surface area contributed by atoms with Crippen LogP contribution in [-0.2, 0) is 11.2 Å². The summed E-state index contributed by atoms with van der Waals surface area (Å²) in [5.74, 6) is 0.877. The van der Waals surface area contributed by atoms with Crippen molar-refractivity contribution in [1.29, 1.82) is 0 Å². The molecule has 0 amide bonds. The van der Waals surface area contributed by atoms with E-state index in [0.29, 0.717) is 23.1 Å². The first-order valence-corrected chi connectivity index (χ1v) is 11.7. The van der Waals surface area contributed by atoms with Crippen molar-refractivity contribution in [3.8, 4) is 5.75 Å².